The minimum Gasteiger partial charge on any atom is -0.451 e. The molecule has 2 N–H and O–H groups in total. The van der Waals surface area contributed by atoms with Crippen molar-refractivity contribution in [3.05, 3.63) is 48.0 Å². The molecule has 1 aromatic carbocycles. The van der Waals surface area contributed by atoms with Gasteiger partial charge in [-0.3, -0.25) is 4.79 Å². The van der Waals surface area contributed by atoms with Crippen molar-refractivity contribution in [2.45, 2.75) is 0 Å². The van der Waals surface area contributed by atoms with Crippen LogP contribution in [-0.4, -0.2) is 39.3 Å². The van der Waals surface area contributed by atoms with E-state index in [0.29, 0.717) is 25.5 Å². The molecule has 7 heteroatoms. The molecule has 2 aromatic rings. The second kappa shape index (κ2) is 9.99. The van der Waals surface area contributed by atoms with Crippen LogP contribution in [0.4, 0.5) is 4.39 Å². The van der Waals surface area contributed by atoms with E-state index in [1.807, 2.05) is 0 Å². The fourth-order valence-electron chi connectivity index (χ4n) is 1.88. The van der Waals surface area contributed by atoms with Crippen LogP contribution < -0.4 is 10.6 Å². The Hall–Kier alpha value is -1.89. The fraction of sp³-hybridized carbons (Fsp3) is 0.312. The van der Waals surface area contributed by atoms with Gasteiger partial charge in [-0.05, 0) is 36.4 Å². The molecule has 0 unspecified atom stereocenters. The summed E-state index contributed by atoms with van der Waals surface area (Å²) in [7, 11) is 1.64. The van der Waals surface area contributed by atoms with E-state index in [0.717, 1.165) is 12.1 Å². The molecule has 0 aliphatic carbocycles. The third-order valence-electron chi connectivity index (χ3n) is 3.03. The highest BCUT2D eigenvalue weighted by Crippen LogP contribution is 2.22. The average molecular weight is 343 g/mol. The lowest BCUT2D eigenvalue weighted by atomic mass is 10.2. The van der Waals surface area contributed by atoms with Gasteiger partial charge in [-0.2, -0.15) is 0 Å². The zero-order valence-corrected chi connectivity index (χ0v) is 13.6. The number of furan rings is 1. The molecule has 1 aromatic heterocycles. The number of rotatable bonds is 8. The quantitative estimate of drug-likeness (QED) is 0.723. The van der Waals surface area contributed by atoms with E-state index >= 15 is 0 Å². The Labute approximate surface area is 140 Å². The van der Waals surface area contributed by atoms with E-state index in [4.69, 9.17) is 9.15 Å². The first kappa shape index (κ1) is 19.2. The van der Waals surface area contributed by atoms with Crippen LogP contribution in [0.3, 0.4) is 0 Å². The highest BCUT2D eigenvalue weighted by molar-refractivity contribution is 5.92. The molecular formula is C16H20ClFN2O3. The monoisotopic (exact) mass is 342 g/mol. The van der Waals surface area contributed by atoms with Crippen molar-refractivity contribution in [3.63, 3.8) is 0 Å². The Bertz CT molecular complexity index is 602. The molecule has 2 rings (SSSR count). The molecule has 0 radical (unpaired) electrons. The number of methoxy groups -OCH3 is 1. The molecule has 1 amide bonds. The second-order valence-electron chi connectivity index (χ2n) is 4.67. The first-order chi connectivity index (χ1) is 10.7. The number of nitrogens with one attached hydrogen (secondary N) is 2. The molecule has 0 atom stereocenters. The maximum atomic E-state index is 12.9. The number of carbonyl (C=O) groups is 1. The van der Waals surface area contributed by atoms with Crippen molar-refractivity contribution in [2.75, 3.05) is 33.4 Å². The lowest BCUT2D eigenvalue weighted by Crippen LogP contribution is -2.32. The number of benzene rings is 1. The largest absolute Gasteiger partial charge is 0.451 e. The van der Waals surface area contributed by atoms with Gasteiger partial charge in [0.05, 0.1) is 6.61 Å². The standard InChI is InChI=1S/C16H19FN2O3.ClH/c1-21-11-10-18-8-9-19-16(20)15-7-6-14(22-15)12-2-4-13(17)5-3-12;/h2-7,18H,8-11H2,1H3,(H,19,20);1H. The summed E-state index contributed by atoms with van der Waals surface area (Å²) >= 11 is 0. The SMILES string of the molecule is COCCNCCNC(=O)c1ccc(-c2ccc(F)cc2)o1.Cl. The summed E-state index contributed by atoms with van der Waals surface area (Å²) in [4.78, 5) is 11.9. The molecule has 0 saturated heterocycles. The maximum Gasteiger partial charge on any atom is 0.287 e. The molecule has 126 valence electrons. The Balaban J connectivity index is 0.00000264. The Morgan fingerprint density at radius 3 is 2.57 bits per heavy atom. The van der Waals surface area contributed by atoms with Gasteiger partial charge in [0.1, 0.15) is 11.6 Å². The zero-order valence-electron chi connectivity index (χ0n) is 12.8. The number of halogens is 2. The van der Waals surface area contributed by atoms with E-state index < -0.39 is 0 Å². The zero-order chi connectivity index (χ0) is 15.8. The minimum atomic E-state index is -0.311. The number of hydrogen-bond acceptors (Lipinski definition) is 4. The summed E-state index contributed by atoms with van der Waals surface area (Å²) in [5.41, 5.74) is 0.724. The van der Waals surface area contributed by atoms with Crippen LogP contribution in [0.15, 0.2) is 40.8 Å². The molecular weight excluding hydrogens is 323 g/mol. The first-order valence-corrected chi connectivity index (χ1v) is 7.04. The Morgan fingerprint density at radius 1 is 1.13 bits per heavy atom. The topological polar surface area (TPSA) is 63.5 Å². The predicted octanol–water partition coefficient (Wildman–Crippen LogP) is 2.47. The van der Waals surface area contributed by atoms with Gasteiger partial charge in [0.2, 0.25) is 0 Å². The maximum absolute atomic E-state index is 12.9. The molecule has 0 fully saturated rings. The van der Waals surface area contributed by atoms with Crippen molar-refractivity contribution >= 4 is 18.3 Å². The normalized spacial score (nSPS) is 10.2. The molecule has 0 spiro atoms. The van der Waals surface area contributed by atoms with Crippen molar-refractivity contribution in [2.24, 2.45) is 0 Å². The molecule has 1 heterocycles. The average Bonchev–Trinajstić information content (AvgIpc) is 3.01. The summed E-state index contributed by atoms with van der Waals surface area (Å²) < 4.78 is 23.3. The summed E-state index contributed by atoms with van der Waals surface area (Å²) in [5, 5.41) is 5.88. The summed E-state index contributed by atoms with van der Waals surface area (Å²) in [6.07, 6.45) is 0. The second-order valence-corrected chi connectivity index (χ2v) is 4.67. The smallest absolute Gasteiger partial charge is 0.287 e. The summed E-state index contributed by atoms with van der Waals surface area (Å²) in [5.74, 6) is 0.177. The van der Waals surface area contributed by atoms with Crippen molar-refractivity contribution in [1.29, 1.82) is 0 Å². The van der Waals surface area contributed by atoms with Gasteiger partial charge in [-0.25, -0.2) is 4.39 Å². The van der Waals surface area contributed by atoms with Gasteiger partial charge in [-0.1, -0.05) is 0 Å². The van der Waals surface area contributed by atoms with Crippen LogP contribution in [0.1, 0.15) is 10.6 Å². The van der Waals surface area contributed by atoms with E-state index in [1.54, 1.807) is 31.4 Å². The predicted molar refractivity (Wildman–Crippen MR) is 88.4 cm³/mol. The van der Waals surface area contributed by atoms with Crippen molar-refractivity contribution in [1.82, 2.24) is 10.6 Å². The van der Waals surface area contributed by atoms with E-state index in [9.17, 15) is 9.18 Å². The summed E-state index contributed by atoms with van der Waals surface area (Å²) in [6, 6.07) is 9.21. The van der Waals surface area contributed by atoms with Crippen LogP contribution in [0, 0.1) is 5.82 Å². The molecule has 0 bridgehead atoms. The lowest BCUT2D eigenvalue weighted by Gasteiger charge is -2.05. The van der Waals surface area contributed by atoms with Gasteiger partial charge in [0.15, 0.2) is 5.76 Å². The number of hydrogen-bond donors (Lipinski definition) is 2. The number of amides is 1. The summed E-state index contributed by atoms with van der Waals surface area (Å²) in [6.45, 7) is 2.52. The number of ether oxygens (including phenoxy) is 1. The molecule has 5 nitrogen and oxygen atoms in total. The van der Waals surface area contributed by atoms with Crippen LogP contribution in [0.25, 0.3) is 11.3 Å². The van der Waals surface area contributed by atoms with Gasteiger partial charge in [-0.15, -0.1) is 12.4 Å². The van der Waals surface area contributed by atoms with E-state index in [-0.39, 0.29) is 29.9 Å². The Kier molecular flexibility index (Phi) is 8.32. The molecule has 0 saturated carbocycles. The van der Waals surface area contributed by atoms with Gasteiger partial charge >= 0.3 is 0 Å². The van der Waals surface area contributed by atoms with Crippen LogP contribution in [0.5, 0.6) is 0 Å². The first-order valence-electron chi connectivity index (χ1n) is 7.04. The molecule has 23 heavy (non-hydrogen) atoms. The van der Waals surface area contributed by atoms with Crippen LogP contribution in [-0.2, 0) is 4.74 Å². The van der Waals surface area contributed by atoms with Gasteiger partial charge < -0.3 is 19.8 Å². The van der Waals surface area contributed by atoms with Crippen molar-refractivity contribution in [3.8, 4) is 11.3 Å². The van der Waals surface area contributed by atoms with E-state index in [1.165, 1.54) is 12.1 Å². The lowest BCUT2D eigenvalue weighted by molar-refractivity contribution is 0.0927. The highest BCUT2D eigenvalue weighted by atomic mass is 35.5. The third-order valence-corrected chi connectivity index (χ3v) is 3.03. The fourth-order valence-corrected chi connectivity index (χ4v) is 1.88. The third kappa shape index (κ3) is 6.02. The minimum absolute atomic E-state index is 0. The van der Waals surface area contributed by atoms with Gasteiger partial charge in [0, 0.05) is 32.3 Å². The number of carbonyl (C=O) groups excluding carboxylic acids is 1. The van der Waals surface area contributed by atoms with Crippen LogP contribution in [0.2, 0.25) is 0 Å². The van der Waals surface area contributed by atoms with Crippen molar-refractivity contribution < 1.29 is 18.3 Å². The molecule has 0 aliphatic heterocycles. The van der Waals surface area contributed by atoms with Gasteiger partial charge in [0.25, 0.3) is 5.91 Å². The van der Waals surface area contributed by atoms with E-state index in [2.05, 4.69) is 10.6 Å². The van der Waals surface area contributed by atoms with Crippen LogP contribution >= 0.6 is 12.4 Å². The Morgan fingerprint density at radius 2 is 1.87 bits per heavy atom. The highest BCUT2D eigenvalue weighted by Gasteiger charge is 2.11. The molecule has 0 aliphatic rings.